The summed E-state index contributed by atoms with van der Waals surface area (Å²) < 4.78 is 41.9. The molecule has 0 aliphatic rings. The van der Waals surface area contributed by atoms with E-state index >= 15 is 8.78 Å². The average molecular weight is 617 g/mol. The molecule has 8 heteroatoms. The van der Waals surface area contributed by atoms with Crippen LogP contribution in [-0.4, -0.2) is 38.4 Å². The van der Waals surface area contributed by atoms with Gasteiger partial charge >= 0.3 is 5.97 Å². The largest absolute Gasteiger partial charge is 0.496 e. The number of hydrogen-bond acceptors (Lipinski definition) is 5. The number of methoxy groups -OCH3 is 2. The number of aliphatic carboxylic acids is 1. The molecule has 0 fully saturated rings. The first-order valence-electron chi connectivity index (χ1n) is 15.3. The maximum Gasteiger partial charge on any atom is 0.303 e. The van der Waals surface area contributed by atoms with Crippen LogP contribution in [0.4, 0.5) is 8.78 Å². The van der Waals surface area contributed by atoms with Gasteiger partial charge in [-0.3, -0.25) is 4.79 Å². The first-order chi connectivity index (χ1) is 21.7. The zero-order valence-corrected chi connectivity index (χ0v) is 26.7. The van der Waals surface area contributed by atoms with Crippen LogP contribution in [0, 0.1) is 25.5 Å². The van der Waals surface area contributed by atoms with Gasteiger partial charge in [-0.25, -0.2) is 8.78 Å². The van der Waals surface area contributed by atoms with Crippen molar-refractivity contribution < 1.29 is 28.2 Å². The summed E-state index contributed by atoms with van der Waals surface area (Å²) in [6.07, 6.45) is 1.46. The molecular weight excluding hydrogens is 574 g/mol. The molecule has 0 unspecified atom stereocenters. The number of rotatable bonds is 15. The number of carboxylic acid groups (broad SMARTS) is 1. The van der Waals surface area contributed by atoms with Gasteiger partial charge in [-0.1, -0.05) is 43.3 Å². The number of carbonyl (C=O) groups is 1. The molecule has 0 heterocycles. The summed E-state index contributed by atoms with van der Waals surface area (Å²) in [4.78, 5) is 10.8. The predicted molar refractivity (Wildman–Crippen MR) is 176 cm³/mol. The van der Waals surface area contributed by atoms with Crippen LogP contribution in [0.2, 0.25) is 0 Å². The molecule has 6 nitrogen and oxygen atoms in total. The highest BCUT2D eigenvalue weighted by molar-refractivity contribution is 5.84. The highest BCUT2D eigenvalue weighted by Gasteiger charge is 2.18. The molecule has 238 valence electrons. The Morgan fingerprint density at radius 2 is 1.18 bits per heavy atom. The Kier molecular flexibility index (Phi) is 11.7. The fourth-order valence-electron chi connectivity index (χ4n) is 5.69. The molecule has 0 aliphatic carbocycles. The molecule has 0 aliphatic heterocycles. The number of hydrogen-bond donors (Lipinski definition) is 3. The summed E-state index contributed by atoms with van der Waals surface area (Å²) in [5.41, 5.74) is 8.03. The second kappa shape index (κ2) is 15.6. The summed E-state index contributed by atoms with van der Waals surface area (Å²) in [6, 6.07) is 18.7. The number of benzene rings is 4. The third-order valence-corrected chi connectivity index (χ3v) is 8.10. The maximum atomic E-state index is 15.4. The van der Waals surface area contributed by atoms with E-state index in [0.29, 0.717) is 47.7 Å². The molecule has 0 atom stereocenters. The first kappa shape index (κ1) is 33.6. The quantitative estimate of drug-likeness (QED) is 0.117. The second-order valence-corrected chi connectivity index (χ2v) is 11.1. The van der Waals surface area contributed by atoms with Gasteiger partial charge in [-0.2, -0.15) is 0 Å². The lowest BCUT2D eigenvalue weighted by Gasteiger charge is -2.19. The fourth-order valence-corrected chi connectivity index (χ4v) is 5.69. The average Bonchev–Trinajstić information content (AvgIpc) is 3.02. The first-order valence-corrected chi connectivity index (χ1v) is 15.3. The van der Waals surface area contributed by atoms with Gasteiger partial charge < -0.3 is 25.2 Å². The van der Waals surface area contributed by atoms with E-state index in [4.69, 9.17) is 14.6 Å². The molecule has 0 spiro atoms. The number of ether oxygens (including phenoxy) is 2. The second-order valence-electron chi connectivity index (χ2n) is 11.1. The lowest BCUT2D eigenvalue weighted by molar-refractivity contribution is -0.137. The Morgan fingerprint density at radius 3 is 1.60 bits per heavy atom. The summed E-state index contributed by atoms with van der Waals surface area (Å²) in [5.74, 6) is -0.647. The number of halogens is 2. The van der Waals surface area contributed by atoms with E-state index in [1.807, 2.05) is 62.4 Å². The monoisotopic (exact) mass is 616 g/mol. The van der Waals surface area contributed by atoms with Crippen molar-refractivity contribution in [1.82, 2.24) is 10.6 Å². The summed E-state index contributed by atoms with van der Waals surface area (Å²) in [7, 11) is 3.07. The molecular formula is C37H42F2N2O4. The van der Waals surface area contributed by atoms with Gasteiger partial charge in [0.05, 0.1) is 14.2 Å². The Balaban J connectivity index is 1.68. The summed E-state index contributed by atoms with van der Waals surface area (Å²) in [6.45, 7) is 7.97. The van der Waals surface area contributed by atoms with Crippen molar-refractivity contribution in [3.8, 4) is 44.9 Å². The third-order valence-electron chi connectivity index (χ3n) is 8.10. The van der Waals surface area contributed by atoms with Crippen LogP contribution in [-0.2, 0) is 17.9 Å². The van der Waals surface area contributed by atoms with Crippen molar-refractivity contribution in [2.45, 2.75) is 53.1 Å². The molecule has 4 aromatic rings. The van der Waals surface area contributed by atoms with E-state index in [-0.39, 0.29) is 18.8 Å². The Hall–Kier alpha value is -4.27. The van der Waals surface area contributed by atoms with Crippen LogP contribution in [0.25, 0.3) is 33.4 Å². The standard InChI is InChI=1S/C37H42F2N2O4/c1-6-15-40-21-31-33(38)17-25(19-35(31)44-4)27-10-7-12-29(23(27)2)30-13-8-11-28(24(30)3)26-18-34(39)32(36(20-26)45-5)22-41-16-9-14-37(42)43/h7-8,10-13,17-20,40-41H,6,9,14-16,21-22H2,1-5H3,(H,42,43). The van der Waals surface area contributed by atoms with E-state index in [9.17, 15) is 4.79 Å². The van der Waals surface area contributed by atoms with E-state index < -0.39 is 11.8 Å². The molecule has 0 saturated carbocycles. The van der Waals surface area contributed by atoms with Gasteiger partial charge in [0, 0.05) is 30.6 Å². The molecule has 0 aromatic heterocycles. The molecule has 4 aromatic carbocycles. The minimum absolute atomic E-state index is 0.0533. The topological polar surface area (TPSA) is 79.8 Å². The summed E-state index contributed by atoms with van der Waals surface area (Å²) in [5, 5.41) is 15.2. The van der Waals surface area contributed by atoms with Crippen molar-refractivity contribution in [1.29, 1.82) is 0 Å². The SMILES string of the molecule is CCCNCc1c(F)cc(-c2cccc(-c3cccc(-c4cc(F)c(CNCCCC(=O)O)c(OC)c4)c3C)c2C)cc1OC. The Labute approximate surface area is 264 Å². The Bertz CT molecular complexity index is 1650. The van der Waals surface area contributed by atoms with Crippen LogP contribution in [0.1, 0.15) is 48.4 Å². The Morgan fingerprint density at radius 1 is 0.733 bits per heavy atom. The lowest BCUT2D eigenvalue weighted by Crippen LogP contribution is -2.17. The van der Waals surface area contributed by atoms with Gasteiger partial charge in [0.15, 0.2) is 0 Å². The highest BCUT2D eigenvalue weighted by atomic mass is 19.1. The van der Waals surface area contributed by atoms with Crippen LogP contribution in [0.3, 0.4) is 0 Å². The fraction of sp³-hybridized carbons (Fsp3) is 0.324. The summed E-state index contributed by atoms with van der Waals surface area (Å²) >= 11 is 0. The van der Waals surface area contributed by atoms with Gasteiger partial charge in [-0.05, 0) is 109 Å². The van der Waals surface area contributed by atoms with Gasteiger partial charge in [0.1, 0.15) is 23.1 Å². The van der Waals surface area contributed by atoms with Gasteiger partial charge in [0.2, 0.25) is 0 Å². The van der Waals surface area contributed by atoms with Crippen molar-refractivity contribution in [2.75, 3.05) is 27.3 Å². The van der Waals surface area contributed by atoms with E-state index in [2.05, 4.69) is 17.6 Å². The molecule has 0 saturated heterocycles. The zero-order valence-electron chi connectivity index (χ0n) is 26.7. The highest BCUT2D eigenvalue weighted by Crippen LogP contribution is 2.39. The minimum atomic E-state index is -0.858. The lowest BCUT2D eigenvalue weighted by atomic mass is 9.87. The van der Waals surface area contributed by atoms with Crippen LogP contribution < -0.4 is 20.1 Å². The molecule has 3 N–H and O–H groups in total. The third kappa shape index (κ3) is 7.88. The molecule has 0 amide bonds. The molecule has 0 radical (unpaired) electrons. The normalized spacial score (nSPS) is 11.1. The van der Waals surface area contributed by atoms with Crippen molar-refractivity contribution in [3.05, 3.63) is 94.6 Å². The number of carboxylic acids is 1. The van der Waals surface area contributed by atoms with E-state index in [1.54, 1.807) is 13.2 Å². The van der Waals surface area contributed by atoms with Crippen LogP contribution >= 0.6 is 0 Å². The van der Waals surface area contributed by atoms with Crippen molar-refractivity contribution in [3.63, 3.8) is 0 Å². The maximum absolute atomic E-state index is 15.4. The van der Waals surface area contributed by atoms with Crippen LogP contribution in [0.5, 0.6) is 11.5 Å². The molecule has 45 heavy (non-hydrogen) atoms. The predicted octanol–water partition coefficient (Wildman–Crippen LogP) is 8.05. The van der Waals surface area contributed by atoms with Crippen molar-refractivity contribution in [2.24, 2.45) is 0 Å². The zero-order chi connectivity index (χ0) is 32.5. The van der Waals surface area contributed by atoms with Gasteiger partial charge in [-0.15, -0.1) is 0 Å². The smallest absolute Gasteiger partial charge is 0.303 e. The molecule has 0 bridgehead atoms. The minimum Gasteiger partial charge on any atom is -0.496 e. The number of nitrogens with one attached hydrogen (secondary N) is 2. The van der Waals surface area contributed by atoms with E-state index in [1.165, 1.54) is 13.2 Å². The molecule has 4 rings (SSSR count). The van der Waals surface area contributed by atoms with Crippen LogP contribution in [0.15, 0.2) is 60.7 Å². The van der Waals surface area contributed by atoms with Crippen molar-refractivity contribution >= 4 is 5.97 Å². The van der Waals surface area contributed by atoms with Gasteiger partial charge in [0.25, 0.3) is 0 Å². The van der Waals surface area contributed by atoms with E-state index in [0.717, 1.165) is 51.9 Å².